The molecule has 0 aliphatic rings. The van der Waals surface area contributed by atoms with Crippen LogP contribution in [-0.2, 0) is 11.2 Å². The molecule has 9 heteroatoms. The monoisotopic (exact) mass is 469 g/mol. The number of aromatic nitrogens is 4. The Morgan fingerprint density at radius 1 is 1.16 bits per heavy atom. The number of nitrogens with zero attached hydrogens (tertiary/aromatic N) is 4. The second-order valence-corrected chi connectivity index (χ2v) is 10.6. The zero-order valence-electron chi connectivity index (χ0n) is 17.5. The molecule has 1 atom stereocenters. The molecular formula is C22H23N5OS3. The van der Waals surface area contributed by atoms with Crippen molar-refractivity contribution in [3.8, 4) is 11.1 Å². The van der Waals surface area contributed by atoms with Gasteiger partial charge in [0.05, 0.1) is 10.6 Å². The van der Waals surface area contributed by atoms with Gasteiger partial charge in [-0.05, 0) is 17.9 Å². The Kier molecular flexibility index (Phi) is 6.94. The highest BCUT2D eigenvalue weighted by Gasteiger charge is 2.23. The Balaban J connectivity index is 1.56. The number of thioether (sulfide) groups is 1. The zero-order valence-corrected chi connectivity index (χ0v) is 20.0. The van der Waals surface area contributed by atoms with Crippen molar-refractivity contribution >= 4 is 55.7 Å². The number of thiophene rings is 1. The fourth-order valence-electron chi connectivity index (χ4n) is 3.15. The van der Waals surface area contributed by atoms with E-state index in [-0.39, 0.29) is 11.2 Å². The summed E-state index contributed by atoms with van der Waals surface area (Å²) in [4.78, 5) is 22.9. The van der Waals surface area contributed by atoms with Gasteiger partial charge in [-0.3, -0.25) is 10.1 Å². The second-order valence-electron chi connectivity index (χ2n) is 7.48. The number of benzene rings is 1. The largest absolute Gasteiger partial charge is 0.300 e. The third kappa shape index (κ3) is 5.11. The lowest BCUT2D eigenvalue weighted by molar-refractivity contribution is -0.115. The van der Waals surface area contributed by atoms with Gasteiger partial charge < -0.3 is 0 Å². The lowest BCUT2D eigenvalue weighted by Crippen LogP contribution is -2.24. The van der Waals surface area contributed by atoms with Crippen molar-refractivity contribution in [2.24, 2.45) is 5.92 Å². The van der Waals surface area contributed by atoms with Gasteiger partial charge in [0.1, 0.15) is 21.2 Å². The predicted octanol–water partition coefficient (Wildman–Crippen LogP) is 5.92. The summed E-state index contributed by atoms with van der Waals surface area (Å²) < 4.78 is 0. The molecule has 0 radical (unpaired) electrons. The van der Waals surface area contributed by atoms with Crippen molar-refractivity contribution in [1.29, 1.82) is 0 Å². The molecule has 0 saturated carbocycles. The third-order valence-electron chi connectivity index (χ3n) is 4.62. The van der Waals surface area contributed by atoms with Crippen LogP contribution in [0, 0.1) is 5.92 Å². The first-order valence-corrected chi connectivity index (χ1v) is 12.7. The Bertz CT molecular complexity index is 1170. The van der Waals surface area contributed by atoms with E-state index in [0.717, 1.165) is 37.8 Å². The summed E-state index contributed by atoms with van der Waals surface area (Å²) in [6.07, 6.45) is 3.10. The van der Waals surface area contributed by atoms with Crippen molar-refractivity contribution in [2.75, 3.05) is 5.32 Å². The van der Waals surface area contributed by atoms with E-state index in [1.165, 1.54) is 23.1 Å². The summed E-state index contributed by atoms with van der Waals surface area (Å²) in [6, 6.07) is 10.2. The number of anilines is 1. The summed E-state index contributed by atoms with van der Waals surface area (Å²) in [6.45, 7) is 6.28. The molecule has 1 aromatic carbocycles. The molecule has 31 heavy (non-hydrogen) atoms. The summed E-state index contributed by atoms with van der Waals surface area (Å²) in [5.41, 5.74) is 2.22. The van der Waals surface area contributed by atoms with Gasteiger partial charge in [0.25, 0.3) is 0 Å². The maximum atomic E-state index is 13.0. The fraction of sp³-hybridized carbons (Fsp3) is 0.318. The van der Waals surface area contributed by atoms with E-state index in [4.69, 9.17) is 0 Å². The van der Waals surface area contributed by atoms with Crippen molar-refractivity contribution in [2.45, 2.75) is 43.9 Å². The first-order chi connectivity index (χ1) is 15.0. The van der Waals surface area contributed by atoms with Gasteiger partial charge in [-0.15, -0.1) is 21.5 Å². The van der Waals surface area contributed by atoms with Crippen LogP contribution < -0.4 is 5.32 Å². The molecule has 1 unspecified atom stereocenters. The van der Waals surface area contributed by atoms with Crippen molar-refractivity contribution < 1.29 is 4.79 Å². The number of carbonyl (C=O) groups excluding carboxylic acids is 1. The van der Waals surface area contributed by atoms with Crippen LogP contribution in [-0.4, -0.2) is 31.3 Å². The van der Waals surface area contributed by atoms with Gasteiger partial charge in [-0.25, -0.2) is 9.97 Å². The van der Waals surface area contributed by atoms with E-state index in [9.17, 15) is 4.79 Å². The predicted molar refractivity (Wildman–Crippen MR) is 130 cm³/mol. The van der Waals surface area contributed by atoms with E-state index < -0.39 is 0 Å². The topological polar surface area (TPSA) is 80.7 Å². The third-order valence-corrected chi connectivity index (χ3v) is 7.73. The van der Waals surface area contributed by atoms with Gasteiger partial charge in [-0.2, -0.15) is 0 Å². The number of nitrogens with one attached hydrogen (secondary N) is 1. The summed E-state index contributed by atoms with van der Waals surface area (Å²) in [5.74, 6) is 0.419. The zero-order chi connectivity index (χ0) is 21.8. The van der Waals surface area contributed by atoms with Crippen LogP contribution in [0.25, 0.3) is 21.3 Å². The smallest absolute Gasteiger partial charge is 0.239 e. The van der Waals surface area contributed by atoms with E-state index in [1.54, 1.807) is 17.7 Å². The number of hydrogen-bond donors (Lipinski definition) is 1. The molecule has 3 heterocycles. The first kappa shape index (κ1) is 21.9. The molecule has 6 nitrogen and oxygen atoms in total. The molecule has 1 amide bonds. The van der Waals surface area contributed by atoms with Crippen LogP contribution in [0.5, 0.6) is 0 Å². The second kappa shape index (κ2) is 9.84. The SMILES string of the molecule is CCC(Sc1ncnc2scc(-c3ccccc3)c12)C(=O)Nc1nnc(CC(C)C)s1. The maximum absolute atomic E-state index is 13.0. The average Bonchev–Trinajstić information content (AvgIpc) is 3.39. The normalized spacial score (nSPS) is 12.4. The fourth-order valence-corrected chi connectivity index (χ4v) is 6.12. The van der Waals surface area contributed by atoms with Crippen LogP contribution in [0.3, 0.4) is 0 Å². The average molecular weight is 470 g/mol. The quantitative estimate of drug-likeness (QED) is 0.255. The molecule has 0 saturated heterocycles. The van der Waals surface area contributed by atoms with Gasteiger partial charge in [0.15, 0.2) is 0 Å². The molecule has 4 aromatic rings. The molecule has 4 rings (SSSR count). The van der Waals surface area contributed by atoms with Crippen molar-refractivity contribution in [3.63, 3.8) is 0 Å². The molecule has 0 bridgehead atoms. The Morgan fingerprint density at radius 3 is 2.71 bits per heavy atom. The minimum atomic E-state index is -0.293. The van der Waals surface area contributed by atoms with Crippen molar-refractivity contribution in [3.05, 3.63) is 47.0 Å². The van der Waals surface area contributed by atoms with E-state index in [0.29, 0.717) is 17.5 Å². The highest BCUT2D eigenvalue weighted by molar-refractivity contribution is 8.00. The summed E-state index contributed by atoms with van der Waals surface area (Å²) >= 11 is 4.51. The van der Waals surface area contributed by atoms with E-state index in [1.807, 2.05) is 25.1 Å². The number of hydrogen-bond acceptors (Lipinski definition) is 8. The number of amides is 1. The molecule has 0 fully saturated rings. The van der Waals surface area contributed by atoms with Crippen LogP contribution in [0.15, 0.2) is 47.1 Å². The Hall–Kier alpha value is -2.36. The molecular weight excluding hydrogens is 446 g/mol. The molecule has 0 aliphatic heterocycles. The van der Waals surface area contributed by atoms with Crippen LogP contribution in [0.1, 0.15) is 32.2 Å². The highest BCUT2D eigenvalue weighted by Crippen LogP contribution is 2.39. The number of rotatable bonds is 8. The highest BCUT2D eigenvalue weighted by atomic mass is 32.2. The van der Waals surface area contributed by atoms with Gasteiger partial charge in [0, 0.05) is 17.4 Å². The molecule has 160 valence electrons. The van der Waals surface area contributed by atoms with Crippen LogP contribution in [0.2, 0.25) is 0 Å². The lowest BCUT2D eigenvalue weighted by atomic mass is 10.1. The molecule has 3 aromatic heterocycles. The minimum absolute atomic E-state index is 0.0806. The number of carbonyl (C=O) groups is 1. The molecule has 0 aliphatic carbocycles. The Labute approximate surface area is 193 Å². The summed E-state index contributed by atoms with van der Waals surface area (Å²) in [7, 11) is 0. The van der Waals surface area contributed by atoms with Crippen molar-refractivity contribution in [1.82, 2.24) is 20.2 Å². The maximum Gasteiger partial charge on any atom is 0.239 e. The van der Waals surface area contributed by atoms with E-state index >= 15 is 0 Å². The van der Waals surface area contributed by atoms with E-state index in [2.05, 4.69) is 56.8 Å². The van der Waals surface area contributed by atoms with Gasteiger partial charge >= 0.3 is 0 Å². The molecule has 0 spiro atoms. The van der Waals surface area contributed by atoms with Crippen LogP contribution in [0.4, 0.5) is 5.13 Å². The van der Waals surface area contributed by atoms with Gasteiger partial charge in [-0.1, -0.05) is 74.2 Å². The number of fused-ring (bicyclic) bond motifs is 1. The first-order valence-electron chi connectivity index (χ1n) is 10.1. The standard InChI is InChI=1S/C22H23N5OS3/c1-4-16(19(28)25-22-27-26-17(31-22)10-13(2)3)30-21-18-15(14-8-6-5-7-9-14)11-29-20(18)23-12-24-21/h5-9,11-13,16H,4,10H2,1-3H3,(H,25,27,28). The molecule has 1 N–H and O–H groups in total. The Morgan fingerprint density at radius 2 is 1.97 bits per heavy atom. The summed E-state index contributed by atoms with van der Waals surface area (Å²) in [5, 5.41) is 16.4. The van der Waals surface area contributed by atoms with Gasteiger partial charge in [0.2, 0.25) is 11.0 Å². The minimum Gasteiger partial charge on any atom is -0.300 e. The lowest BCUT2D eigenvalue weighted by Gasteiger charge is -2.14. The van der Waals surface area contributed by atoms with Crippen LogP contribution >= 0.6 is 34.4 Å².